The number of nitrogens with zero attached hydrogens (tertiary/aromatic N) is 2. The number of carbonyl (C=O) groups is 4. The van der Waals surface area contributed by atoms with Crippen molar-refractivity contribution in [3.8, 4) is 11.6 Å². The molecule has 5 rings (SSSR count). The maximum Gasteiger partial charge on any atom is 0.362 e. The minimum Gasteiger partial charge on any atom is -0.497 e. The van der Waals surface area contributed by atoms with Gasteiger partial charge in [-0.05, 0) is 82.0 Å². The summed E-state index contributed by atoms with van der Waals surface area (Å²) in [6.07, 6.45) is 3.47. The van der Waals surface area contributed by atoms with Gasteiger partial charge in [0.1, 0.15) is 29.5 Å². The first-order valence-electron chi connectivity index (χ1n) is 17.3. The van der Waals surface area contributed by atoms with E-state index in [1.807, 2.05) is 31.6 Å². The highest BCUT2D eigenvalue weighted by molar-refractivity contribution is 7.85. The molecule has 5 atom stereocenters. The summed E-state index contributed by atoms with van der Waals surface area (Å²) in [5.74, 6) is -1.86. The molecule has 3 fully saturated rings. The fraction of sp³-hybridized carbons (Fsp3) is 0.583. The summed E-state index contributed by atoms with van der Waals surface area (Å²) >= 11 is 0. The molecule has 2 aromatic rings. The summed E-state index contributed by atoms with van der Waals surface area (Å²) < 4.78 is 44.3. The van der Waals surface area contributed by atoms with E-state index in [0.717, 1.165) is 5.39 Å². The molecule has 284 valence electrons. The van der Waals surface area contributed by atoms with E-state index in [4.69, 9.17) is 13.7 Å². The Kier molecular flexibility index (Phi) is 10.3. The highest BCUT2D eigenvalue weighted by Crippen LogP contribution is 2.46. The van der Waals surface area contributed by atoms with Gasteiger partial charge in [-0.1, -0.05) is 26.8 Å². The Hall–Kier alpha value is -4.44. The topological polar surface area (TPSA) is 194 Å². The van der Waals surface area contributed by atoms with Crippen LogP contribution in [0.15, 0.2) is 43.1 Å². The largest absolute Gasteiger partial charge is 0.497 e. The fourth-order valence-electron chi connectivity index (χ4n) is 6.29. The zero-order valence-corrected chi connectivity index (χ0v) is 31.8. The quantitative estimate of drug-likeness (QED) is 0.235. The van der Waals surface area contributed by atoms with Gasteiger partial charge in [0, 0.05) is 29.5 Å². The molecule has 16 heteroatoms. The van der Waals surface area contributed by atoms with E-state index in [9.17, 15) is 27.6 Å². The van der Waals surface area contributed by atoms with Crippen LogP contribution in [-0.4, -0.2) is 90.6 Å². The molecule has 1 saturated heterocycles. The number of pyridine rings is 1. The molecule has 3 aliphatic rings. The van der Waals surface area contributed by atoms with Crippen LogP contribution in [0.4, 0.5) is 4.79 Å². The number of hydrogen-bond donors (Lipinski definition) is 4. The molecule has 0 radical (unpaired) electrons. The SMILES string of the molecule is C=CC1C[C@]1(NC(=O)C1C[C@@H](Oc2nccc3cc(OC)ccc23)CN1C(=O)C(NC(=O)NC(C)(C)C)C(C)(C)C)C(=O)NS(=O)(=O)OC1(C)CC1. The fourth-order valence-corrected chi connectivity index (χ4v) is 7.44. The van der Waals surface area contributed by atoms with Crippen molar-refractivity contribution in [3.63, 3.8) is 0 Å². The Morgan fingerprint density at radius 3 is 2.37 bits per heavy atom. The average Bonchev–Trinajstić information content (AvgIpc) is 3.90. The summed E-state index contributed by atoms with van der Waals surface area (Å²) in [7, 11) is -2.91. The highest BCUT2D eigenvalue weighted by Gasteiger charge is 2.62. The monoisotopic (exact) mass is 742 g/mol. The number of rotatable bonds is 12. The standard InChI is InChI=1S/C36H50N6O9S/c1-10-22-19-36(22,31(45)41-52(47,48)51-35(8)14-15-35)39-28(43)26-18-24(50-29-25-12-11-23(49-9)17-21(25)13-16-37-29)20-42(26)30(44)27(33(2,3)4)38-32(46)40-34(5,6)7/h10-13,16-17,22,24,26-27H,1,14-15,18-20H2,2-9H3,(H,39,43)(H,41,45)(H2,38,40,46)/t22?,24-,26?,27?,36-/m1/s1. The molecule has 2 aliphatic carbocycles. The smallest absolute Gasteiger partial charge is 0.362 e. The third-order valence-electron chi connectivity index (χ3n) is 9.47. The predicted molar refractivity (Wildman–Crippen MR) is 192 cm³/mol. The molecule has 1 aromatic heterocycles. The number of amides is 5. The summed E-state index contributed by atoms with van der Waals surface area (Å²) in [5, 5.41) is 9.85. The number of carbonyl (C=O) groups excluding carboxylic acids is 4. The van der Waals surface area contributed by atoms with Crippen molar-refractivity contribution in [2.75, 3.05) is 13.7 Å². The predicted octanol–water partition coefficient (Wildman–Crippen LogP) is 3.10. The lowest BCUT2D eigenvalue weighted by molar-refractivity contribution is -0.142. The van der Waals surface area contributed by atoms with Crippen LogP contribution in [0.2, 0.25) is 0 Å². The number of fused-ring (bicyclic) bond motifs is 1. The maximum absolute atomic E-state index is 14.5. The van der Waals surface area contributed by atoms with Crippen molar-refractivity contribution in [3.05, 3.63) is 43.1 Å². The summed E-state index contributed by atoms with van der Waals surface area (Å²) in [6.45, 7) is 16.1. The lowest BCUT2D eigenvalue weighted by atomic mass is 9.85. The first-order chi connectivity index (χ1) is 24.1. The molecule has 2 heterocycles. The maximum atomic E-state index is 14.5. The molecule has 0 bridgehead atoms. The molecular weight excluding hydrogens is 692 g/mol. The van der Waals surface area contributed by atoms with Crippen molar-refractivity contribution in [2.24, 2.45) is 11.3 Å². The lowest BCUT2D eigenvalue weighted by Gasteiger charge is -2.36. The number of nitrogens with one attached hydrogen (secondary N) is 4. The Morgan fingerprint density at radius 2 is 1.79 bits per heavy atom. The Balaban J connectivity index is 1.43. The van der Waals surface area contributed by atoms with Crippen LogP contribution in [0.5, 0.6) is 11.6 Å². The van der Waals surface area contributed by atoms with E-state index < -0.39 is 80.3 Å². The number of ether oxygens (including phenoxy) is 2. The zero-order valence-electron chi connectivity index (χ0n) is 31.0. The van der Waals surface area contributed by atoms with Gasteiger partial charge < -0.3 is 30.3 Å². The van der Waals surface area contributed by atoms with E-state index in [1.54, 1.807) is 59.2 Å². The third kappa shape index (κ3) is 8.77. The number of hydrogen-bond acceptors (Lipinski definition) is 10. The number of benzene rings is 1. The van der Waals surface area contributed by atoms with Gasteiger partial charge in [0.05, 0.1) is 19.3 Å². The van der Waals surface area contributed by atoms with Crippen LogP contribution >= 0.6 is 0 Å². The zero-order chi connectivity index (χ0) is 38.4. The first-order valence-corrected chi connectivity index (χ1v) is 18.7. The minimum absolute atomic E-state index is 0.00701. The first kappa shape index (κ1) is 38.8. The van der Waals surface area contributed by atoms with Crippen molar-refractivity contribution >= 4 is 44.8 Å². The van der Waals surface area contributed by atoms with E-state index >= 15 is 0 Å². The van der Waals surface area contributed by atoms with E-state index in [0.29, 0.717) is 24.0 Å². The van der Waals surface area contributed by atoms with Gasteiger partial charge in [-0.2, -0.15) is 8.42 Å². The van der Waals surface area contributed by atoms with Crippen LogP contribution in [0.25, 0.3) is 10.8 Å². The summed E-state index contributed by atoms with van der Waals surface area (Å²) in [6, 6.07) is 4.41. The molecule has 52 heavy (non-hydrogen) atoms. The molecule has 0 spiro atoms. The number of aromatic nitrogens is 1. The van der Waals surface area contributed by atoms with Crippen LogP contribution in [0.3, 0.4) is 0 Å². The molecule has 2 saturated carbocycles. The van der Waals surface area contributed by atoms with E-state index in [1.165, 1.54) is 11.0 Å². The van der Waals surface area contributed by atoms with Gasteiger partial charge in [-0.25, -0.2) is 18.7 Å². The molecule has 1 aliphatic heterocycles. The normalized spacial score (nSPS) is 24.3. The van der Waals surface area contributed by atoms with E-state index in [2.05, 4.69) is 27.5 Å². The van der Waals surface area contributed by atoms with Crippen LogP contribution in [0, 0.1) is 11.3 Å². The van der Waals surface area contributed by atoms with Gasteiger partial charge >= 0.3 is 16.3 Å². The van der Waals surface area contributed by atoms with Crippen molar-refractivity contribution in [2.45, 2.75) is 109 Å². The van der Waals surface area contributed by atoms with Crippen LogP contribution in [-0.2, 0) is 28.9 Å². The lowest BCUT2D eigenvalue weighted by Crippen LogP contribution is -2.61. The second kappa shape index (κ2) is 13.8. The second-order valence-corrected chi connectivity index (χ2v) is 17.5. The van der Waals surface area contributed by atoms with Crippen molar-refractivity contribution < 1.29 is 41.3 Å². The average molecular weight is 743 g/mol. The molecule has 15 nitrogen and oxygen atoms in total. The van der Waals surface area contributed by atoms with E-state index in [-0.39, 0.29) is 25.3 Å². The molecule has 5 amide bonds. The van der Waals surface area contributed by atoms with Crippen molar-refractivity contribution in [1.82, 2.24) is 30.6 Å². The Bertz CT molecular complexity index is 1870. The third-order valence-corrected chi connectivity index (χ3v) is 10.5. The Labute approximate surface area is 304 Å². The van der Waals surface area contributed by atoms with Gasteiger partial charge in [0.25, 0.3) is 5.91 Å². The summed E-state index contributed by atoms with van der Waals surface area (Å²) in [5.41, 5.74) is -3.90. The van der Waals surface area contributed by atoms with Crippen molar-refractivity contribution in [1.29, 1.82) is 0 Å². The van der Waals surface area contributed by atoms with Gasteiger partial charge in [0.2, 0.25) is 17.7 Å². The molecule has 4 N–H and O–H groups in total. The molecular formula is C36H50N6O9S. The second-order valence-electron chi connectivity index (χ2n) is 16.3. The van der Waals surface area contributed by atoms with Gasteiger partial charge in [0.15, 0.2) is 0 Å². The minimum atomic E-state index is -4.48. The molecule has 3 unspecified atom stereocenters. The van der Waals surface area contributed by atoms with Gasteiger partial charge in [-0.3, -0.25) is 14.4 Å². The highest BCUT2D eigenvalue weighted by atomic mass is 32.2. The van der Waals surface area contributed by atoms with Gasteiger partial charge in [-0.15, -0.1) is 6.58 Å². The Morgan fingerprint density at radius 1 is 1.10 bits per heavy atom. The summed E-state index contributed by atoms with van der Waals surface area (Å²) in [4.78, 5) is 61.1. The number of urea groups is 1. The number of methoxy groups -OCH3 is 1. The van der Waals surface area contributed by atoms with Crippen LogP contribution < -0.4 is 30.1 Å². The molecule has 1 aromatic carbocycles. The van der Waals surface area contributed by atoms with Crippen LogP contribution in [0.1, 0.15) is 74.1 Å². The number of likely N-dealkylation sites (tertiary alicyclic amines) is 1.